The molecule has 0 fully saturated rings. The number of pyridine rings is 2. The molecule has 216 valence electrons. The molecule has 0 spiro atoms. The van der Waals surface area contributed by atoms with E-state index in [0.29, 0.717) is 22.4 Å². The smallest absolute Gasteiger partial charge is 0.260 e. The Morgan fingerprint density at radius 3 is 2.36 bits per heavy atom. The number of carbonyl (C=O) groups excluding carboxylic acids is 1. The fraction of sp³-hybridized carbons (Fsp3) is 0.194. The van der Waals surface area contributed by atoms with Gasteiger partial charge in [-0.25, -0.2) is 26.9 Å². The van der Waals surface area contributed by atoms with Gasteiger partial charge in [0.1, 0.15) is 11.6 Å². The van der Waals surface area contributed by atoms with Crippen LogP contribution in [0.3, 0.4) is 0 Å². The molecule has 3 heterocycles. The fourth-order valence-electron chi connectivity index (χ4n) is 5.05. The average molecular weight is 581 g/mol. The number of fused-ring (bicyclic) bond motifs is 1. The predicted octanol–water partition coefficient (Wildman–Crippen LogP) is 6.92. The molecule has 5 aromatic rings. The monoisotopic (exact) mass is 580 g/mol. The number of nitrogens with zero attached hydrogens (tertiary/aromatic N) is 2. The van der Waals surface area contributed by atoms with Crippen LogP contribution in [-0.2, 0) is 18.3 Å². The Morgan fingerprint density at radius 1 is 0.976 bits per heavy atom. The van der Waals surface area contributed by atoms with Crippen molar-refractivity contribution in [2.24, 2.45) is 7.05 Å². The zero-order valence-corrected chi connectivity index (χ0v) is 22.3. The number of hydrogen-bond donors (Lipinski definition) is 2. The number of carbonyl (C=O) groups is 1. The first kappa shape index (κ1) is 28.7. The van der Waals surface area contributed by atoms with Gasteiger partial charge < -0.3 is 14.9 Å². The van der Waals surface area contributed by atoms with Crippen LogP contribution in [0.4, 0.5) is 27.8 Å². The van der Waals surface area contributed by atoms with Gasteiger partial charge in [-0.1, -0.05) is 42.5 Å². The lowest BCUT2D eigenvalue weighted by atomic mass is 9.95. The molecular formula is C31H25F5N4O2. The molecule has 6 nitrogen and oxygen atoms in total. The Hall–Kier alpha value is -4.80. The first-order chi connectivity index (χ1) is 20.1. The lowest BCUT2D eigenvalue weighted by Gasteiger charge is -2.17. The summed E-state index contributed by atoms with van der Waals surface area (Å²) >= 11 is 0. The zero-order valence-electron chi connectivity index (χ0n) is 22.3. The van der Waals surface area contributed by atoms with Gasteiger partial charge in [0.05, 0.1) is 22.5 Å². The van der Waals surface area contributed by atoms with E-state index in [0.717, 1.165) is 12.1 Å². The molecule has 1 amide bonds. The van der Waals surface area contributed by atoms with E-state index >= 15 is 0 Å². The minimum absolute atomic E-state index is 0.0391. The Kier molecular flexibility index (Phi) is 8.19. The van der Waals surface area contributed by atoms with Crippen LogP contribution in [0.5, 0.6) is 0 Å². The SMILES string of the molecule is Cn1cc(CC(F)F)c2[nH]c(-c3ccnc(NC(=O)C(CC(F)F)c4ccc(F)cc4)c3)c(-c3ccccc3)c2c1=O. The van der Waals surface area contributed by atoms with E-state index in [1.54, 1.807) is 36.4 Å². The molecule has 0 saturated heterocycles. The highest BCUT2D eigenvalue weighted by atomic mass is 19.3. The molecule has 2 N–H and O–H groups in total. The number of aryl methyl sites for hydroxylation is 1. The maximum Gasteiger partial charge on any atom is 0.260 e. The highest BCUT2D eigenvalue weighted by Gasteiger charge is 2.26. The zero-order chi connectivity index (χ0) is 30.0. The average Bonchev–Trinajstić information content (AvgIpc) is 3.37. The van der Waals surface area contributed by atoms with Crippen molar-refractivity contribution in [3.05, 3.63) is 106 Å². The van der Waals surface area contributed by atoms with Gasteiger partial charge in [-0.3, -0.25) is 9.59 Å². The summed E-state index contributed by atoms with van der Waals surface area (Å²) in [5, 5.41) is 2.79. The second kappa shape index (κ2) is 12.0. The number of H-pyrrole nitrogens is 1. The van der Waals surface area contributed by atoms with Gasteiger partial charge in [0, 0.05) is 43.4 Å². The molecule has 0 aliphatic carbocycles. The molecule has 0 aliphatic rings. The molecule has 3 aromatic heterocycles. The third-order valence-electron chi connectivity index (χ3n) is 6.94. The lowest BCUT2D eigenvalue weighted by Crippen LogP contribution is -2.23. The van der Waals surface area contributed by atoms with Crippen LogP contribution in [0.15, 0.2) is 83.9 Å². The maximum atomic E-state index is 13.5. The van der Waals surface area contributed by atoms with Gasteiger partial charge in [-0.05, 0) is 41.0 Å². The second-order valence-corrected chi connectivity index (χ2v) is 9.81. The van der Waals surface area contributed by atoms with Gasteiger partial charge in [0.15, 0.2) is 0 Å². The molecule has 0 bridgehead atoms. The molecule has 5 rings (SSSR count). The van der Waals surface area contributed by atoms with Gasteiger partial charge >= 0.3 is 0 Å². The van der Waals surface area contributed by atoms with Crippen LogP contribution in [0.1, 0.15) is 23.5 Å². The van der Waals surface area contributed by atoms with Crippen molar-refractivity contribution in [2.75, 3.05) is 5.32 Å². The van der Waals surface area contributed by atoms with Crippen molar-refractivity contribution in [2.45, 2.75) is 31.6 Å². The number of amides is 1. The van der Waals surface area contributed by atoms with E-state index < -0.39 is 43.3 Å². The first-order valence-corrected chi connectivity index (χ1v) is 13.0. The number of nitrogens with one attached hydrogen (secondary N) is 2. The normalized spacial score (nSPS) is 12.3. The Balaban J connectivity index is 1.61. The molecule has 1 unspecified atom stereocenters. The number of benzene rings is 2. The summed E-state index contributed by atoms with van der Waals surface area (Å²) in [5.74, 6) is -2.57. The fourth-order valence-corrected chi connectivity index (χ4v) is 5.05. The molecular weight excluding hydrogens is 555 g/mol. The van der Waals surface area contributed by atoms with Crippen LogP contribution in [0, 0.1) is 5.82 Å². The summed E-state index contributed by atoms with van der Waals surface area (Å²) in [6.07, 6.45) is -4.04. The Bertz CT molecular complexity index is 1780. The third kappa shape index (κ3) is 5.95. The van der Waals surface area contributed by atoms with Crippen LogP contribution in [-0.4, -0.2) is 33.3 Å². The lowest BCUT2D eigenvalue weighted by molar-refractivity contribution is -0.118. The van der Waals surface area contributed by atoms with Gasteiger partial charge in [0.25, 0.3) is 5.56 Å². The maximum absolute atomic E-state index is 13.5. The third-order valence-corrected chi connectivity index (χ3v) is 6.94. The molecule has 2 aromatic carbocycles. The summed E-state index contributed by atoms with van der Waals surface area (Å²) < 4.78 is 68.4. The van der Waals surface area contributed by atoms with Crippen molar-refractivity contribution in [1.82, 2.24) is 14.5 Å². The minimum atomic E-state index is -2.80. The van der Waals surface area contributed by atoms with Gasteiger partial charge in [-0.15, -0.1) is 0 Å². The van der Waals surface area contributed by atoms with Gasteiger partial charge in [-0.2, -0.15) is 0 Å². The number of hydrogen-bond acceptors (Lipinski definition) is 3. The van der Waals surface area contributed by atoms with Crippen LogP contribution < -0.4 is 10.9 Å². The standard InChI is InChI=1S/C31H25F5N4O2/c1-40-16-20(13-23(33)34)29-27(31(40)42)26(18-5-3-2-4-6-18)28(39-29)19-11-12-37-25(14-19)38-30(41)22(15-24(35)36)17-7-9-21(32)10-8-17/h2-12,14,16,22-24,39H,13,15H2,1H3,(H,37,38,41). The number of rotatable bonds is 9. The Labute approximate surface area is 236 Å². The number of halogens is 5. The summed E-state index contributed by atoms with van der Waals surface area (Å²) in [7, 11) is 1.50. The van der Waals surface area contributed by atoms with Crippen molar-refractivity contribution < 1.29 is 26.7 Å². The van der Waals surface area contributed by atoms with Crippen LogP contribution >= 0.6 is 0 Å². The number of aromatic nitrogens is 3. The van der Waals surface area contributed by atoms with Crippen LogP contribution in [0.25, 0.3) is 33.3 Å². The largest absolute Gasteiger partial charge is 0.354 e. The highest BCUT2D eigenvalue weighted by Crippen LogP contribution is 2.38. The summed E-state index contributed by atoms with van der Waals surface area (Å²) in [4.78, 5) is 33.8. The minimum Gasteiger partial charge on any atom is -0.354 e. The summed E-state index contributed by atoms with van der Waals surface area (Å²) in [6.45, 7) is 0. The molecule has 1 atom stereocenters. The van der Waals surface area contributed by atoms with E-state index in [2.05, 4.69) is 15.3 Å². The first-order valence-electron chi connectivity index (χ1n) is 13.0. The van der Waals surface area contributed by atoms with E-state index in [1.165, 1.54) is 42.2 Å². The number of alkyl halides is 4. The molecule has 0 radical (unpaired) electrons. The van der Waals surface area contributed by atoms with Crippen molar-refractivity contribution >= 4 is 22.6 Å². The molecule has 0 saturated carbocycles. The summed E-state index contributed by atoms with van der Waals surface area (Å²) in [6, 6.07) is 16.8. The second-order valence-electron chi connectivity index (χ2n) is 9.81. The predicted molar refractivity (Wildman–Crippen MR) is 150 cm³/mol. The Morgan fingerprint density at radius 2 is 1.69 bits per heavy atom. The van der Waals surface area contributed by atoms with E-state index in [1.807, 2.05) is 0 Å². The van der Waals surface area contributed by atoms with Crippen molar-refractivity contribution in [3.8, 4) is 22.4 Å². The van der Waals surface area contributed by atoms with E-state index in [4.69, 9.17) is 0 Å². The summed E-state index contributed by atoms with van der Waals surface area (Å²) in [5.41, 5.74) is 2.37. The quantitative estimate of drug-likeness (QED) is 0.186. The van der Waals surface area contributed by atoms with Crippen LogP contribution in [0.2, 0.25) is 0 Å². The molecule has 42 heavy (non-hydrogen) atoms. The van der Waals surface area contributed by atoms with E-state index in [-0.39, 0.29) is 33.4 Å². The molecule has 11 heteroatoms. The van der Waals surface area contributed by atoms with Crippen molar-refractivity contribution in [1.29, 1.82) is 0 Å². The topological polar surface area (TPSA) is 79.8 Å². The highest BCUT2D eigenvalue weighted by molar-refractivity contribution is 6.05. The number of anilines is 1. The molecule has 0 aliphatic heterocycles. The van der Waals surface area contributed by atoms with E-state index in [9.17, 15) is 31.5 Å². The van der Waals surface area contributed by atoms with Crippen molar-refractivity contribution in [3.63, 3.8) is 0 Å². The van der Waals surface area contributed by atoms with Gasteiger partial charge in [0.2, 0.25) is 18.8 Å². The number of aromatic amines is 1.